The van der Waals surface area contributed by atoms with Crippen molar-refractivity contribution in [2.75, 3.05) is 0 Å². The molecule has 0 spiro atoms. The van der Waals surface area contributed by atoms with Gasteiger partial charge in [-0.3, -0.25) is 13.9 Å². The molecule has 1 unspecified atom stereocenters. The first-order chi connectivity index (χ1) is 21.2. The number of rotatable bonds is 13. The van der Waals surface area contributed by atoms with Crippen molar-refractivity contribution in [3.05, 3.63) is 139 Å². The van der Waals surface area contributed by atoms with Gasteiger partial charge in [-0.1, -0.05) is 117 Å². The van der Waals surface area contributed by atoms with E-state index in [0.717, 1.165) is 6.07 Å². The quantitative estimate of drug-likeness (QED) is 0.0789. The van der Waals surface area contributed by atoms with E-state index in [1.165, 1.54) is 18.2 Å². The molecular weight excluding hydrogens is 770 g/mol. The lowest BCUT2D eigenvalue weighted by Gasteiger charge is -2.34. The molecule has 0 amide bonds. The van der Waals surface area contributed by atoms with E-state index in [0.29, 0.717) is 26.7 Å². The Morgan fingerprint density at radius 2 is 1.27 bits per heavy atom. The molecule has 0 aliphatic rings. The second-order valence-electron chi connectivity index (χ2n) is 10.2. The van der Waals surface area contributed by atoms with Crippen molar-refractivity contribution in [2.24, 2.45) is 0 Å². The molecular formula is C30H24Br2F4O7P2. The molecule has 45 heavy (non-hydrogen) atoms. The number of halogens is 6. The molecule has 2 N–H and O–H groups in total. The Kier molecular flexibility index (Phi) is 11.1. The van der Waals surface area contributed by atoms with E-state index in [1.54, 1.807) is 72.8 Å². The number of alkyl halides is 2. The van der Waals surface area contributed by atoms with E-state index in [4.69, 9.17) is 0 Å². The van der Waals surface area contributed by atoms with Gasteiger partial charge in [-0.15, -0.1) is 9.46 Å². The zero-order chi connectivity index (χ0) is 33.0. The second kappa shape index (κ2) is 14.1. The Morgan fingerprint density at radius 1 is 0.756 bits per heavy atom. The van der Waals surface area contributed by atoms with Crippen LogP contribution in [0, 0.1) is 0 Å². The normalized spacial score (nSPS) is 13.8. The Hall–Kier alpha value is -2.47. The summed E-state index contributed by atoms with van der Waals surface area (Å²) in [5.41, 5.74) is -4.62. The molecule has 7 nitrogen and oxygen atoms in total. The summed E-state index contributed by atoms with van der Waals surface area (Å²) >= 11 is 6.35. The Labute approximate surface area is 272 Å². The van der Waals surface area contributed by atoms with Gasteiger partial charge in [0.2, 0.25) is 0 Å². The van der Waals surface area contributed by atoms with E-state index in [1.807, 2.05) is 0 Å². The highest BCUT2D eigenvalue weighted by molar-refractivity contribution is 9.10. The zero-order valence-corrected chi connectivity index (χ0v) is 27.9. The third-order valence-corrected chi connectivity index (χ3v) is 10.7. The average molecular weight is 794 g/mol. The average Bonchev–Trinajstić information content (AvgIpc) is 3.01. The summed E-state index contributed by atoms with van der Waals surface area (Å²) in [6, 6.07) is 25.3. The van der Waals surface area contributed by atoms with Gasteiger partial charge >= 0.3 is 20.9 Å². The minimum atomic E-state index is -5.85. The van der Waals surface area contributed by atoms with Crippen LogP contribution in [-0.2, 0) is 48.7 Å². The lowest BCUT2D eigenvalue weighted by Crippen LogP contribution is -2.40. The van der Waals surface area contributed by atoms with Crippen molar-refractivity contribution in [3.63, 3.8) is 0 Å². The molecule has 0 heterocycles. The summed E-state index contributed by atoms with van der Waals surface area (Å²) < 4.78 is 84.6. The molecule has 4 rings (SSSR count). The lowest BCUT2D eigenvalue weighted by molar-refractivity contribution is -0.0881. The molecule has 4 aromatic carbocycles. The van der Waals surface area contributed by atoms with Crippen molar-refractivity contribution in [2.45, 2.75) is 30.1 Å². The first kappa shape index (κ1) is 35.4. The van der Waals surface area contributed by atoms with Gasteiger partial charge in [-0.05, 0) is 56.3 Å². The van der Waals surface area contributed by atoms with E-state index < -0.39 is 38.0 Å². The van der Waals surface area contributed by atoms with Gasteiger partial charge in [-0.2, -0.15) is 8.78 Å². The predicted octanol–water partition coefficient (Wildman–Crippen LogP) is 9.54. The smallest absolute Gasteiger partial charge is 0.320 e. The van der Waals surface area contributed by atoms with Crippen molar-refractivity contribution < 1.29 is 51.0 Å². The van der Waals surface area contributed by atoms with Crippen LogP contribution in [0.4, 0.5) is 17.8 Å². The van der Waals surface area contributed by atoms with Gasteiger partial charge in [0.05, 0.1) is 11.6 Å². The van der Waals surface area contributed by atoms with Crippen LogP contribution in [-0.4, -0.2) is 15.6 Å². The van der Waals surface area contributed by atoms with E-state index in [9.17, 15) is 41.5 Å². The first-order valence-electron chi connectivity index (χ1n) is 13.0. The van der Waals surface area contributed by atoms with E-state index in [2.05, 4.69) is 41.3 Å². The van der Waals surface area contributed by atoms with E-state index in [-0.39, 0.29) is 28.7 Å². The number of benzene rings is 4. The number of hydrogen-bond donors (Lipinski definition) is 2. The number of ketones is 1. The maximum Gasteiger partial charge on any atom is 0.399 e. The summed E-state index contributed by atoms with van der Waals surface area (Å²) in [5.74, 6) is -0.309. The molecule has 0 saturated carbocycles. The van der Waals surface area contributed by atoms with Crippen molar-refractivity contribution in [1.29, 1.82) is 0 Å². The largest absolute Gasteiger partial charge is 0.399 e. The van der Waals surface area contributed by atoms with Gasteiger partial charge in [0.1, 0.15) is 0 Å². The SMILES string of the molecule is O=C(c1ccccc1)C(Cc1ccc(CP(=O)(OF)OF)c(Br)c1)(Cc1ccc(C(F)(F)P(=O)(O)O)c(Br)c1)c1ccccc1. The number of Topliss-reactive ketones (excluding diaryl/α,β-unsaturated/α-hetero) is 1. The van der Waals surface area contributed by atoms with E-state index >= 15 is 0 Å². The van der Waals surface area contributed by atoms with Crippen LogP contribution in [0.3, 0.4) is 0 Å². The standard InChI is InChI=1S/C30H24Br2F4O7P2/c31-26-15-20(11-13-23(26)19-44(38,42-35)43-36)17-29(24-9-5-2-6-10-24,28(37)22-7-3-1-4-8-22)18-21-12-14-25(27(32)16-21)30(33,34)45(39,40)41/h1-16H,17-19H2,(H2,39,40,41). The molecule has 238 valence electrons. The Bertz CT molecular complexity index is 1770. The summed E-state index contributed by atoms with van der Waals surface area (Å²) in [5, 5.41) is 0. The third kappa shape index (κ3) is 7.75. The summed E-state index contributed by atoms with van der Waals surface area (Å²) in [4.78, 5) is 33.0. The minimum Gasteiger partial charge on any atom is -0.320 e. The highest BCUT2D eigenvalue weighted by atomic mass is 79.9. The number of hydrogen-bond acceptors (Lipinski definition) is 5. The molecule has 0 bridgehead atoms. The van der Waals surface area contributed by atoms with Gasteiger partial charge < -0.3 is 9.79 Å². The van der Waals surface area contributed by atoms with Crippen LogP contribution in [0.15, 0.2) is 106 Å². The van der Waals surface area contributed by atoms with Gasteiger partial charge in [0.15, 0.2) is 5.78 Å². The van der Waals surface area contributed by atoms with Crippen LogP contribution in [0.1, 0.15) is 38.2 Å². The Balaban J connectivity index is 1.87. The fourth-order valence-corrected chi connectivity index (χ4v) is 7.98. The van der Waals surface area contributed by atoms with Crippen LogP contribution < -0.4 is 0 Å². The molecule has 0 aliphatic carbocycles. The topological polar surface area (TPSA) is 110 Å². The lowest BCUT2D eigenvalue weighted by atomic mass is 9.67. The molecule has 1 atom stereocenters. The molecule has 0 radical (unpaired) electrons. The molecule has 0 aliphatic heterocycles. The summed E-state index contributed by atoms with van der Waals surface area (Å²) in [7, 11) is -10.5. The highest BCUT2D eigenvalue weighted by Gasteiger charge is 2.51. The second-order valence-corrected chi connectivity index (χ2v) is 15.4. The molecule has 4 aromatic rings. The van der Waals surface area contributed by atoms with Crippen molar-refractivity contribution in [3.8, 4) is 0 Å². The van der Waals surface area contributed by atoms with Gasteiger partial charge in [0.25, 0.3) is 0 Å². The molecule has 0 fully saturated rings. The third-order valence-electron chi connectivity index (χ3n) is 7.22. The Morgan fingerprint density at radius 3 is 1.76 bits per heavy atom. The molecule has 0 saturated heterocycles. The zero-order valence-electron chi connectivity index (χ0n) is 23.0. The maximum absolute atomic E-state index is 14.6. The summed E-state index contributed by atoms with van der Waals surface area (Å²) in [6.45, 7) is 0. The monoisotopic (exact) mass is 792 g/mol. The van der Waals surface area contributed by atoms with Crippen LogP contribution in [0.2, 0.25) is 0 Å². The highest BCUT2D eigenvalue weighted by Crippen LogP contribution is 2.60. The van der Waals surface area contributed by atoms with Crippen LogP contribution in [0.25, 0.3) is 0 Å². The van der Waals surface area contributed by atoms with Crippen molar-refractivity contribution in [1.82, 2.24) is 0 Å². The molecule has 15 heteroatoms. The fourth-order valence-electron chi connectivity index (χ4n) is 5.04. The summed E-state index contributed by atoms with van der Waals surface area (Å²) in [6.07, 6.45) is -0.725. The maximum atomic E-state index is 14.6. The van der Waals surface area contributed by atoms with Gasteiger partial charge in [-0.25, -0.2) is 0 Å². The fraction of sp³-hybridized carbons (Fsp3) is 0.167. The first-order valence-corrected chi connectivity index (χ1v) is 17.9. The number of carbonyl (C=O) groups is 1. The predicted molar refractivity (Wildman–Crippen MR) is 166 cm³/mol. The van der Waals surface area contributed by atoms with Crippen molar-refractivity contribution >= 4 is 52.8 Å². The molecule has 0 aromatic heterocycles. The number of carbonyl (C=O) groups excluding carboxylic acids is 1. The van der Waals surface area contributed by atoms with Crippen LogP contribution in [0.5, 0.6) is 0 Å². The van der Waals surface area contributed by atoms with Gasteiger partial charge in [0, 0.05) is 20.1 Å². The minimum absolute atomic E-state index is 0.0366. The van der Waals surface area contributed by atoms with Crippen LogP contribution >= 0.6 is 47.1 Å².